The fourth-order valence-electron chi connectivity index (χ4n) is 1.22. The van der Waals surface area contributed by atoms with Crippen molar-refractivity contribution in [3.63, 3.8) is 0 Å². The van der Waals surface area contributed by atoms with Gasteiger partial charge >= 0.3 is 0 Å². The summed E-state index contributed by atoms with van der Waals surface area (Å²) in [6.45, 7) is 0. The first-order valence-electron chi connectivity index (χ1n) is 5.28. The molecule has 0 saturated heterocycles. The average Bonchev–Trinajstić information content (AvgIpc) is 2.22. The first-order valence-corrected chi connectivity index (χ1v) is 5.28. The highest BCUT2D eigenvalue weighted by atomic mass is 13.8. The molecule has 1 aliphatic carbocycles. The average molecular weight is 186 g/mol. The summed E-state index contributed by atoms with van der Waals surface area (Å²) in [5.74, 6) is 0. The van der Waals surface area contributed by atoms with Gasteiger partial charge < -0.3 is 0 Å². The van der Waals surface area contributed by atoms with Crippen LogP contribution in [0, 0.1) is 0 Å². The van der Waals surface area contributed by atoms with Crippen LogP contribution in [0.1, 0.15) is 25.7 Å². The van der Waals surface area contributed by atoms with E-state index >= 15 is 0 Å². The molecule has 1 rings (SSSR count). The summed E-state index contributed by atoms with van der Waals surface area (Å²) < 4.78 is 0. The molecule has 0 aromatic heterocycles. The van der Waals surface area contributed by atoms with Crippen molar-refractivity contribution in [2.45, 2.75) is 25.7 Å². The molecule has 0 amide bonds. The number of hydrogen-bond acceptors (Lipinski definition) is 0. The van der Waals surface area contributed by atoms with E-state index in [4.69, 9.17) is 0 Å². The second-order valence-electron chi connectivity index (χ2n) is 3.23. The van der Waals surface area contributed by atoms with E-state index in [1.54, 1.807) is 0 Å². The summed E-state index contributed by atoms with van der Waals surface area (Å²) >= 11 is 0. The van der Waals surface area contributed by atoms with Crippen LogP contribution in [0.2, 0.25) is 0 Å². The zero-order chi connectivity index (χ0) is 9.90. The predicted molar refractivity (Wildman–Crippen MR) is 64.2 cm³/mol. The molecule has 1 aliphatic rings. The van der Waals surface area contributed by atoms with Crippen LogP contribution in [0.15, 0.2) is 60.8 Å². The highest BCUT2D eigenvalue weighted by molar-refractivity contribution is 5.13. The van der Waals surface area contributed by atoms with Crippen LogP contribution >= 0.6 is 0 Å². The van der Waals surface area contributed by atoms with Crippen LogP contribution in [0.3, 0.4) is 0 Å². The largest absolute Gasteiger partial charge is 0.0879 e. The first-order chi connectivity index (χ1) is 7.00. The van der Waals surface area contributed by atoms with Gasteiger partial charge in [0.15, 0.2) is 0 Å². The molecule has 14 heavy (non-hydrogen) atoms. The van der Waals surface area contributed by atoms with Crippen LogP contribution < -0.4 is 0 Å². The van der Waals surface area contributed by atoms with Crippen molar-refractivity contribution in [2.24, 2.45) is 0 Å². The van der Waals surface area contributed by atoms with E-state index in [2.05, 4.69) is 60.8 Å². The van der Waals surface area contributed by atoms with Gasteiger partial charge in [0.05, 0.1) is 0 Å². The van der Waals surface area contributed by atoms with Gasteiger partial charge in [-0.1, -0.05) is 60.8 Å². The Morgan fingerprint density at radius 3 is 1.43 bits per heavy atom. The fraction of sp³-hybridized carbons (Fsp3) is 0.286. The van der Waals surface area contributed by atoms with E-state index in [9.17, 15) is 0 Å². The smallest absolute Gasteiger partial charge is 0.0166 e. The Kier molecular flexibility index (Phi) is 6.39. The minimum Gasteiger partial charge on any atom is -0.0879 e. The standard InChI is InChI=1S/C14H18/c1-2-4-6-8-10-12-14-13-11-9-7-5-3-1/h1-6,9-12H,7-8,13-14H2/b2-1-,5-3+,6-4?,11-9+,12-10+. The van der Waals surface area contributed by atoms with Crippen LogP contribution in [0.25, 0.3) is 0 Å². The summed E-state index contributed by atoms with van der Waals surface area (Å²) in [6.07, 6.45) is 26.0. The Labute approximate surface area is 87.0 Å². The predicted octanol–water partition coefficient (Wildman–Crippen LogP) is 4.34. The molecule has 0 aromatic carbocycles. The van der Waals surface area contributed by atoms with Crippen molar-refractivity contribution in [2.75, 3.05) is 0 Å². The van der Waals surface area contributed by atoms with Gasteiger partial charge in [0.25, 0.3) is 0 Å². The van der Waals surface area contributed by atoms with Gasteiger partial charge in [0, 0.05) is 0 Å². The van der Waals surface area contributed by atoms with Crippen molar-refractivity contribution in [1.82, 2.24) is 0 Å². The summed E-state index contributed by atoms with van der Waals surface area (Å²) in [7, 11) is 0. The Hall–Kier alpha value is -1.30. The molecule has 0 nitrogen and oxygen atoms in total. The molecule has 74 valence electrons. The summed E-state index contributed by atoms with van der Waals surface area (Å²) in [4.78, 5) is 0. The molecule has 0 heteroatoms. The van der Waals surface area contributed by atoms with Gasteiger partial charge in [-0.3, -0.25) is 0 Å². The number of hydrogen-bond donors (Lipinski definition) is 0. The molecular formula is C14H18. The molecule has 0 atom stereocenters. The molecular weight excluding hydrogens is 168 g/mol. The second-order valence-corrected chi connectivity index (χ2v) is 3.23. The third kappa shape index (κ3) is 6.24. The molecule has 0 fully saturated rings. The highest BCUT2D eigenvalue weighted by Gasteiger charge is 1.77. The summed E-state index contributed by atoms with van der Waals surface area (Å²) in [6, 6.07) is 0. The van der Waals surface area contributed by atoms with E-state index in [-0.39, 0.29) is 0 Å². The minimum absolute atomic E-state index is 1.04. The minimum atomic E-state index is 1.04. The number of allylic oxidation sites excluding steroid dienone is 10. The van der Waals surface area contributed by atoms with Crippen molar-refractivity contribution < 1.29 is 0 Å². The Balaban J connectivity index is 2.45. The van der Waals surface area contributed by atoms with E-state index in [0.717, 1.165) is 25.7 Å². The fourth-order valence-corrected chi connectivity index (χ4v) is 1.22. The molecule has 0 N–H and O–H groups in total. The maximum Gasteiger partial charge on any atom is -0.0166 e. The summed E-state index contributed by atoms with van der Waals surface area (Å²) in [5, 5.41) is 0. The van der Waals surface area contributed by atoms with Gasteiger partial charge in [0.2, 0.25) is 0 Å². The van der Waals surface area contributed by atoms with Crippen LogP contribution in [0.5, 0.6) is 0 Å². The lowest BCUT2D eigenvalue weighted by Gasteiger charge is -1.87. The van der Waals surface area contributed by atoms with Crippen molar-refractivity contribution in [1.29, 1.82) is 0 Å². The van der Waals surface area contributed by atoms with E-state index in [1.807, 2.05) is 0 Å². The molecule has 0 bridgehead atoms. The van der Waals surface area contributed by atoms with Crippen LogP contribution in [-0.2, 0) is 0 Å². The monoisotopic (exact) mass is 186 g/mol. The van der Waals surface area contributed by atoms with Gasteiger partial charge in [-0.2, -0.15) is 0 Å². The zero-order valence-electron chi connectivity index (χ0n) is 8.60. The third-order valence-corrected chi connectivity index (χ3v) is 1.98. The maximum absolute atomic E-state index is 2.25. The topological polar surface area (TPSA) is 0 Å². The van der Waals surface area contributed by atoms with Gasteiger partial charge in [-0.05, 0) is 25.7 Å². The Morgan fingerprint density at radius 1 is 0.429 bits per heavy atom. The van der Waals surface area contributed by atoms with Gasteiger partial charge in [-0.15, -0.1) is 0 Å². The lowest BCUT2D eigenvalue weighted by atomic mass is 10.2. The van der Waals surface area contributed by atoms with E-state index in [1.165, 1.54) is 0 Å². The Bertz CT molecular complexity index is 234. The van der Waals surface area contributed by atoms with E-state index in [0.29, 0.717) is 0 Å². The van der Waals surface area contributed by atoms with Gasteiger partial charge in [0.1, 0.15) is 0 Å². The maximum atomic E-state index is 2.25. The van der Waals surface area contributed by atoms with Crippen LogP contribution in [-0.4, -0.2) is 0 Å². The number of rotatable bonds is 0. The molecule has 0 heterocycles. The molecule has 0 unspecified atom stereocenters. The van der Waals surface area contributed by atoms with Crippen molar-refractivity contribution in [3.05, 3.63) is 60.8 Å². The normalized spacial score (nSPS) is 27.4. The lowest BCUT2D eigenvalue weighted by molar-refractivity contribution is 1.04. The molecule has 0 aliphatic heterocycles. The molecule has 0 radical (unpaired) electrons. The summed E-state index contributed by atoms with van der Waals surface area (Å²) in [5.41, 5.74) is 0. The molecule has 0 aromatic rings. The second kappa shape index (κ2) is 8.31. The molecule has 0 saturated carbocycles. The SMILES string of the molecule is C1=CC/C=C/CC/C=C/C/C=C/C=C\1. The van der Waals surface area contributed by atoms with Crippen LogP contribution in [0.4, 0.5) is 0 Å². The lowest BCUT2D eigenvalue weighted by Crippen LogP contribution is -1.67. The van der Waals surface area contributed by atoms with Gasteiger partial charge in [-0.25, -0.2) is 0 Å². The third-order valence-electron chi connectivity index (χ3n) is 1.98. The van der Waals surface area contributed by atoms with Crippen molar-refractivity contribution >= 4 is 0 Å². The quantitative estimate of drug-likeness (QED) is 0.494. The van der Waals surface area contributed by atoms with Crippen molar-refractivity contribution in [3.8, 4) is 0 Å². The molecule has 0 spiro atoms. The first kappa shape index (κ1) is 10.8. The zero-order valence-corrected chi connectivity index (χ0v) is 8.60. The Morgan fingerprint density at radius 2 is 0.929 bits per heavy atom. The van der Waals surface area contributed by atoms with E-state index < -0.39 is 0 Å². The highest BCUT2D eigenvalue weighted by Crippen LogP contribution is 1.98.